The maximum absolute atomic E-state index is 13.0. The number of phosphoric acid groups is 2. The molecule has 1 amide bonds. The van der Waals surface area contributed by atoms with Gasteiger partial charge in [0.25, 0.3) is 38.7 Å². The van der Waals surface area contributed by atoms with Crippen molar-refractivity contribution in [2.75, 3.05) is 51.0 Å². The number of hydrogen-bond donors (Lipinski definition) is 8. The molecule has 0 aliphatic carbocycles. The lowest BCUT2D eigenvalue weighted by Gasteiger charge is -2.30. The molecule has 0 radical (unpaired) electrons. The minimum absolute atomic E-state index is 0.00545. The van der Waals surface area contributed by atoms with Crippen molar-refractivity contribution in [3.63, 3.8) is 0 Å². The van der Waals surface area contributed by atoms with Crippen molar-refractivity contribution in [2.45, 2.75) is 75.5 Å². The summed E-state index contributed by atoms with van der Waals surface area (Å²) in [5.74, 6) is -0.463. The highest BCUT2D eigenvalue weighted by Crippen LogP contribution is 2.41. The number of aromatic nitrogens is 8. The van der Waals surface area contributed by atoms with Crippen LogP contribution in [0.3, 0.4) is 0 Å². The SMILES string of the molecule is Cn1c[n+]([C@@H]2O[C@H](COP(=O)([O-])OCCN(CCOP(=O)([O-])OCC3O[C@@H]([n+]4cn(C)c5c(=O)[nH]c(N)nc54)[C@H](O)[C@@H]3O)C(=O)OC(C)(C)C)[C@@H](O)[C@H]2O)c2nc(N)[nH]c(=O)c21. The van der Waals surface area contributed by atoms with Gasteiger partial charge in [-0.1, -0.05) is 9.97 Å². The molecule has 2 aliphatic rings. The van der Waals surface area contributed by atoms with Gasteiger partial charge in [-0.3, -0.25) is 37.8 Å². The molecule has 0 aromatic carbocycles. The molecule has 3 unspecified atom stereocenters. The Morgan fingerprint density at radius 1 is 0.790 bits per heavy atom. The van der Waals surface area contributed by atoms with Crippen molar-refractivity contribution in [1.82, 2.24) is 34.0 Å². The molecular formula is C31H47N11O18P2. The van der Waals surface area contributed by atoms with Crippen LogP contribution in [0.2, 0.25) is 0 Å². The molecule has 344 valence electrons. The molecule has 2 aliphatic heterocycles. The van der Waals surface area contributed by atoms with Crippen LogP contribution >= 0.6 is 15.6 Å². The Hall–Kier alpha value is -4.45. The van der Waals surface area contributed by atoms with E-state index in [9.17, 15) is 53.7 Å². The summed E-state index contributed by atoms with van der Waals surface area (Å²) in [6, 6.07) is 0. The minimum Gasteiger partial charge on any atom is -0.756 e. The standard InChI is InChI=1S/C31H47N11O18P2/c1-31(2,3)60-30(49)40(6-8-54-61(50,51)56-10-14-18(43)20(45)26(58-14)41-12-38(4)16-22(41)34-28(32)36-24(16)47)7-9-55-62(52,53)57-11-15-19(44)21(46)27(59-15)42-13-39(5)17-23(42)35-29(33)37-25(17)48/h12-15,18-21,26-27,43-46H,6-11H2,1-5H3,(H6-2,32,33,34,35,36,37,47,48,50,51,52,53)/t14-,15?,18-,19-,20-,21-,26-,27-/m1/s1. The largest absolute Gasteiger partial charge is 0.756 e. The summed E-state index contributed by atoms with van der Waals surface area (Å²) in [7, 11) is -7.35. The number of nitrogens with zero attached hydrogens (tertiary/aromatic N) is 7. The molecule has 10 N–H and O–H groups in total. The Bertz CT molecular complexity index is 2350. The highest BCUT2D eigenvalue weighted by molar-refractivity contribution is 7.46. The molecule has 62 heavy (non-hydrogen) atoms. The summed E-state index contributed by atoms with van der Waals surface area (Å²) in [5, 5.41) is 42.8. The highest BCUT2D eigenvalue weighted by atomic mass is 31.2. The van der Waals surface area contributed by atoms with Crippen molar-refractivity contribution in [2.24, 2.45) is 14.1 Å². The van der Waals surface area contributed by atoms with Crippen molar-refractivity contribution in [3.05, 3.63) is 33.4 Å². The molecule has 6 heterocycles. The van der Waals surface area contributed by atoms with Gasteiger partial charge in [-0.25, -0.2) is 13.9 Å². The molecule has 2 saturated heterocycles. The normalized spacial score (nSPS) is 26.2. The summed E-state index contributed by atoms with van der Waals surface area (Å²) in [4.78, 5) is 76.9. The van der Waals surface area contributed by atoms with Gasteiger partial charge in [0.2, 0.25) is 23.5 Å². The Kier molecular flexibility index (Phi) is 13.6. The van der Waals surface area contributed by atoms with E-state index >= 15 is 0 Å². The van der Waals surface area contributed by atoms with Crippen LogP contribution in [0.25, 0.3) is 22.3 Å². The number of nitrogens with two attached hydrogens (primary N) is 2. The van der Waals surface area contributed by atoms with Crippen molar-refractivity contribution in [1.29, 1.82) is 0 Å². The van der Waals surface area contributed by atoms with Crippen LogP contribution in [0.1, 0.15) is 33.2 Å². The summed E-state index contributed by atoms with van der Waals surface area (Å²) < 4.78 is 66.9. The number of aryl methyl sites for hydroxylation is 2. The topological polar surface area (TPSA) is 407 Å². The number of rotatable bonds is 16. The molecule has 10 atom stereocenters. The number of aromatic amines is 2. The number of aliphatic hydroxyl groups excluding tert-OH is 4. The van der Waals surface area contributed by atoms with Gasteiger partial charge < -0.3 is 78.9 Å². The van der Waals surface area contributed by atoms with Gasteiger partial charge >= 0.3 is 17.4 Å². The second kappa shape index (κ2) is 18.0. The fraction of sp³-hybridized carbons (Fsp3) is 0.645. The van der Waals surface area contributed by atoms with E-state index < -0.39 is 127 Å². The van der Waals surface area contributed by atoms with Crippen LogP contribution < -0.4 is 41.5 Å². The first-order valence-corrected chi connectivity index (χ1v) is 21.5. The Morgan fingerprint density at radius 2 is 1.18 bits per heavy atom. The van der Waals surface area contributed by atoms with E-state index in [1.807, 2.05) is 0 Å². The van der Waals surface area contributed by atoms with E-state index in [4.69, 9.17) is 43.8 Å². The second-order valence-corrected chi connectivity index (χ2v) is 18.0. The molecule has 6 rings (SSSR count). The van der Waals surface area contributed by atoms with E-state index in [0.29, 0.717) is 0 Å². The van der Waals surface area contributed by atoms with Gasteiger partial charge in [0.05, 0.1) is 40.5 Å². The molecule has 0 spiro atoms. The molecule has 29 nitrogen and oxygen atoms in total. The lowest BCUT2D eigenvalue weighted by atomic mass is 10.1. The number of fused-ring (bicyclic) bond motifs is 2. The zero-order valence-electron chi connectivity index (χ0n) is 33.7. The van der Waals surface area contributed by atoms with Gasteiger partial charge in [0, 0.05) is 13.1 Å². The monoisotopic (exact) mass is 923 g/mol. The second-order valence-electron chi connectivity index (χ2n) is 15.2. The molecule has 4 aromatic rings. The molecule has 2 fully saturated rings. The Balaban J connectivity index is 1.00. The van der Waals surface area contributed by atoms with Crippen molar-refractivity contribution in [3.8, 4) is 0 Å². The molecule has 31 heteroatoms. The molecule has 4 aromatic heterocycles. The zero-order valence-corrected chi connectivity index (χ0v) is 35.5. The lowest BCUT2D eigenvalue weighted by Crippen LogP contribution is -2.46. The number of carbonyl (C=O) groups is 1. The van der Waals surface area contributed by atoms with Crippen LogP contribution in [0.4, 0.5) is 16.7 Å². The van der Waals surface area contributed by atoms with Crippen LogP contribution in [0, 0.1) is 0 Å². The first kappa shape index (κ1) is 47.0. The van der Waals surface area contributed by atoms with Gasteiger partial charge in [0.1, 0.15) is 42.2 Å². The number of phosphoric ester groups is 2. The third kappa shape index (κ3) is 10.3. The Morgan fingerprint density at radius 3 is 1.55 bits per heavy atom. The van der Waals surface area contributed by atoms with Gasteiger partial charge in [0.15, 0.2) is 12.7 Å². The van der Waals surface area contributed by atoms with Crippen molar-refractivity contribution < 1.29 is 85.6 Å². The lowest BCUT2D eigenvalue weighted by molar-refractivity contribution is -0.746. The van der Waals surface area contributed by atoms with E-state index in [2.05, 4.69) is 19.9 Å². The predicted octanol–water partition coefficient (Wildman–Crippen LogP) is -5.25. The number of hydrogen-bond acceptors (Lipinski definition) is 22. The van der Waals surface area contributed by atoms with Crippen LogP contribution in [-0.2, 0) is 55.5 Å². The van der Waals surface area contributed by atoms with E-state index in [0.717, 1.165) is 4.90 Å². The van der Waals surface area contributed by atoms with Crippen molar-refractivity contribution >= 4 is 56.0 Å². The van der Waals surface area contributed by atoms with E-state index in [1.54, 1.807) is 20.8 Å². The van der Waals surface area contributed by atoms with Gasteiger partial charge in [-0.2, -0.15) is 0 Å². The van der Waals surface area contributed by atoms with E-state index in [-0.39, 0.29) is 34.2 Å². The summed E-state index contributed by atoms with van der Waals surface area (Å²) in [5.41, 5.74) is 9.28. The first-order valence-electron chi connectivity index (χ1n) is 18.6. The van der Waals surface area contributed by atoms with Crippen LogP contribution in [0.5, 0.6) is 0 Å². The predicted molar refractivity (Wildman–Crippen MR) is 201 cm³/mol. The van der Waals surface area contributed by atoms with Crippen LogP contribution in [-0.4, -0.2) is 142 Å². The molecule has 0 saturated carbocycles. The fourth-order valence-corrected chi connectivity index (χ4v) is 8.07. The van der Waals surface area contributed by atoms with E-state index in [1.165, 1.54) is 45.0 Å². The summed E-state index contributed by atoms with van der Waals surface area (Å²) in [6.07, 6.45) is -10.5. The number of nitrogen functional groups attached to an aromatic ring is 2. The number of amides is 1. The number of H-pyrrole nitrogens is 2. The molecule has 0 bridgehead atoms. The minimum atomic E-state index is -5.19. The Labute approximate surface area is 349 Å². The smallest absolute Gasteiger partial charge is 0.410 e. The summed E-state index contributed by atoms with van der Waals surface area (Å²) >= 11 is 0. The maximum atomic E-state index is 13.0. The highest BCUT2D eigenvalue weighted by Gasteiger charge is 2.49. The average molecular weight is 924 g/mol. The number of nitrogens with one attached hydrogen (secondary N) is 2. The number of carbonyl (C=O) groups excluding carboxylic acids is 1. The van der Waals surface area contributed by atoms with Gasteiger partial charge in [-0.05, 0) is 20.8 Å². The molecular weight excluding hydrogens is 876 g/mol. The quantitative estimate of drug-likeness (QED) is 0.0384. The number of imidazole rings is 2. The van der Waals surface area contributed by atoms with Crippen LogP contribution in [0.15, 0.2) is 22.2 Å². The number of anilines is 2. The number of aliphatic hydroxyl groups is 4. The first-order chi connectivity index (χ1) is 28.9. The third-order valence-corrected chi connectivity index (χ3v) is 11.4. The third-order valence-electron chi connectivity index (χ3n) is 9.47. The maximum Gasteiger partial charge on any atom is 0.410 e. The average Bonchev–Trinajstić information content (AvgIpc) is 3.85. The van der Waals surface area contributed by atoms with Gasteiger partial charge in [-0.15, -0.1) is 0 Å². The number of ether oxygens (including phenoxy) is 3. The fourth-order valence-electron chi connectivity index (χ4n) is 6.65. The summed E-state index contributed by atoms with van der Waals surface area (Å²) in [6.45, 7) is 0.495. The zero-order chi connectivity index (χ0) is 45.6.